The summed E-state index contributed by atoms with van der Waals surface area (Å²) < 4.78 is 11.4. The van der Waals surface area contributed by atoms with E-state index in [0.717, 1.165) is 115 Å². The summed E-state index contributed by atoms with van der Waals surface area (Å²) >= 11 is 1.75. The molecule has 5 heteroatoms. The number of nitrogens with zero attached hydrogens (tertiary/aromatic N) is 3. The van der Waals surface area contributed by atoms with Crippen LogP contribution in [0.5, 0.6) is 0 Å². The third kappa shape index (κ3) is 8.45. The highest BCUT2D eigenvalue weighted by Gasteiger charge is 2.46. The number of furan rings is 1. The molecule has 438 valence electrons. The third-order valence-corrected chi connectivity index (χ3v) is 20.6. The van der Waals surface area contributed by atoms with Crippen LogP contribution in [0, 0.1) is 0 Å². The maximum Gasteiger partial charge on any atom is 0.164 e. The third-order valence-electron chi connectivity index (χ3n) is 19.5. The summed E-state index contributed by atoms with van der Waals surface area (Å²) in [6.07, 6.45) is 0. The lowest BCUT2D eigenvalue weighted by atomic mass is 9.67. The van der Waals surface area contributed by atoms with Gasteiger partial charge in [0.05, 0.1) is 37.9 Å². The van der Waals surface area contributed by atoms with E-state index in [2.05, 4.69) is 326 Å². The molecular weight excluding hydrogens is 1160 g/mol. The van der Waals surface area contributed by atoms with Gasteiger partial charge in [0.2, 0.25) is 0 Å². The van der Waals surface area contributed by atoms with Gasteiger partial charge >= 0.3 is 0 Å². The molecule has 0 saturated heterocycles. The van der Waals surface area contributed by atoms with Gasteiger partial charge in [-0.1, -0.05) is 255 Å². The number of thiophene rings is 1. The van der Waals surface area contributed by atoms with Crippen molar-refractivity contribution in [1.29, 1.82) is 0 Å². The van der Waals surface area contributed by atoms with E-state index in [1.165, 1.54) is 60.8 Å². The van der Waals surface area contributed by atoms with Crippen molar-refractivity contribution in [2.45, 2.75) is 5.41 Å². The number of hydrogen-bond donors (Lipinski definition) is 0. The van der Waals surface area contributed by atoms with Crippen LogP contribution >= 0.6 is 11.3 Å². The van der Waals surface area contributed by atoms with Crippen LogP contribution in [-0.4, -0.2) is 14.5 Å². The Balaban J connectivity index is 0.798. The summed E-state index contributed by atoms with van der Waals surface area (Å²) in [7, 11) is 0. The summed E-state index contributed by atoms with van der Waals surface area (Å²) in [5.74, 6) is 0.616. The SMILES string of the molecule is c1ccc(-c2cc(-c3ccccc3)cc(-c3nc(-c4cccc5c4oc4ccccc45)nc4c3sc3ccc(-c5cccc(-c6cccc7c6c6cc(-c8ccccc8)ccc6n7-c6ccc7c(c6)C(c6ccccc6)(c6ccccc6)c6ccccc6-7)c5)cc34)c2)cc1. The average Bonchev–Trinajstić information content (AvgIpc) is 1.53. The maximum atomic E-state index is 6.73. The van der Waals surface area contributed by atoms with Crippen LogP contribution in [-0.2, 0) is 5.41 Å². The Morgan fingerprint density at radius 3 is 1.60 bits per heavy atom. The summed E-state index contributed by atoms with van der Waals surface area (Å²) in [6, 6.07) is 122. The Hall–Kier alpha value is -12.0. The van der Waals surface area contributed by atoms with Crippen molar-refractivity contribution in [3.05, 3.63) is 356 Å². The van der Waals surface area contributed by atoms with E-state index in [1.54, 1.807) is 11.3 Å². The molecule has 4 heterocycles. The van der Waals surface area contributed by atoms with E-state index < -0.39 is 5.41 Å². The van der Waals surface area contributed by atoms with Crippen LogP contribution in [0.1, 0.15) is 22.3 Å². The van der Waals surface area contributed by atoms with E-state index >= 15 is 0 Å². The Morgan fingerprint density at radius 2 is 0.851 bits per heavy atom. The van der Waals surface area contributed by atoms with Crippen molar-refractivity contribution in [2.24, 2.45) is 0 Å². The Bertz CT molecular complexity index is 5930. The molecule has 0 spiro atoms. The summed E-state index contributed by atoms with van der Waals surface area (Å²) in [4.78, 5) is 11.3. The van der Waals surface area contributed by atoms with Gasteiger partial charge in [-0.3, -0.25) is 0 Å². The van der Waals surface area contributed by atoms with Crippen LogP contribution < -0.4 is 0 Å². The van der Waals surface area contributed by atoms with E-state index in [4.69, 9.17) is 14.4 Å². The van der Waals surface area contributed by atoms with Crippen LogP contribution in [0.4, 0.5) is 0 Å². The zero-order valence-corrected chi connectivity index (χ0v) is 51.7. The predicted molar refractivity (Wildman–Crippen MR) is 392 cm³/mol. The van der Waals surface area contributed by atoms with Gasteiger partial charge in [0.25, 0.3) is 0 Å². The quantitative estimate of drug-likeness (QED) is 0.137. The van der Waals surface area contributed by atoms with Crippen LogP contribution in [0.15, 0.2) is 338 Å². The van der Waals surface area contributed by atoms with Crippen molar-refractivity contribution in [3.8, 4) is 95.1 Å². The molecule has 0 amide bonds. The van der Waals surface area contributed by atoms with Gasteiger partial charge in [-0.2, -0.15) is 0 Å². The second-order valence-corrected chi connectivity index (χ2v) is 25.7. The second-order valence-electron chi connectivity index (χ2n) is 24.7. The highest BCUT2D eigenvalue weighted by Crippen LogP contribution is 2.57. The van der Waals surface area contributed by atoms with Crippen molar-refractivity contribution < 1.29 is 4.42 Å². The molecule has 0 atom stereocenters. The molecule has 94 heavy (non-hydrogen) atoms. The molecule has 1 aliphatic rings. The Kier molecular flexibility index (Phi) is 12.3. The molecule has 4 nitrogen and oxygen atoms in total. The largest absolute Gasteiger partial charge is 0.455 e. The fraction of sp³-hybridized carbons (Fsp3) is 0.0112. The normalized spacial score (nSPS) is 12.6. The van der Waals surface area contributed by atoms with Crippen LogP contribution in [0.25, 0.3) is 159 Å². The number of hydrogen-bond acceptors (Lipinski definition) is 4. The van der Waals surface area contributed by atoms with Crippen LogP contribution in [0.2, 0.25) is 0 Å². The van der Waals surface area contributed by atoms with Gasteiger partial charge in [-0.05, 0) is 168 Å². The fourth-order valence-corrected chi connectivity index (χ4v) is 16.4. The van der Waals surface area contributed by atoms with E-state index in [1.807, 2.05) is 12.1 Å². The van der Waals surface area contributed by atoms with Gasteiger partial charge in [0.1, 0.15) is 11.2 Å². The number of aromatic nitrogens is 3. The van der Waals surface area contributed by atoms with Gasteiger partial charge < -0.3 is 8.98 Å². The Morgan fingerprint density at radius 1 is 0.319 bits per heavy atom. The van der Waals surface area contributed by atoms with E-state index in [9.17, 15) is 0 Å². The number of fused-ring (bicyclic) bond motifs is 12. The zero-order valence-electron chi connectivity index (χ0n) is 50.9. The second kappa shape index (κ2) is 21.6. The predicted octanol–water partition coefficient (Wildman–Crippen LogP) is 23.9. The van der Waals surface area contributed by atoms with Gasteiger partial charge in [-0.15, -0.1) is 11.3 Å². The Labute approximate surface area is 547 Å². The molecule has 0 unspecified atom stereocenters. The van der Waals surface area contributed by atoms with Crippen molar-refractivity contribution >= 4 is 75.4 Å². The average molecular weight is 1210 g/mol. The molecule has 1 aliphatic carbocycles. The van der Waals surface area contributed by atoms with E-state index in [0.29, 0.717) is 5.82 Å². The smallest absolute Gasteiger partial charge is 0.164 e. The topological polar surface area (TPSA) is 43.9 Å². The molecule has 18 aromatic rings. The lowest BCUT2D eigenvalue weighted by Gasteiger charge is -2.34. The van der Waals surface area contributed by atoms with Crippen molar-refractivity contribution in [2.75, 3.05) is 0 Å². The first-order chi connectivity index (χ1) is 46.6. The molecule has 4 aromatic heterocycles. The molecule has 0 radical (unpaired) electrons. The standard InChI is InChI=1S/C89H55N3OS/c1-6-23-56(24-7-1)60-43-47-79-75(53-60)83-69(37-22-41-80(83)92(79)68-45-46-71-70-35-16-18-40-77(70)89(78(71)55-68,66-31-12-4-13-32-66)67-33-14-5-15-34-67)62-30-20-29-59(49-62)61-44-48-82-76(54-61)85-87(94-82)84(90-88(91-85)74-39-21-38-73-72-36-17-19-42-81(72)93-86(73)74)65-51-63(57-25-8-2-9-26-57)50-64(52-65)58-27-10-3-11-28-58/h1-55H. The number of para-hydroxylation sites is 2. The number of rotatable bonds is 10. The van der Waals surface area contributed by atoms with E-state index in [-0.39, 0.29) is 0 Å². The van der Waals surface area contributed by atoms with Crippen molar-refractivity contribution in [3.63, 3.8) is 0 Å². The summed E-state index contributed by atoms with van der Waals surface area (Å²) in [6.45, 7) is 0. The molecule has 0 fully saturated rings. The molecule has 0 saturated carbocycles. The molecular formula is C89H55N3OS. The summed E-state index contributed by atoms with van der Waals surface area (Å²) in [5, 5.41) is 5.57. The summed E-state index contributed by atoms with van der Waals surface area (Å²) in [5.41, 5.74) is 27.1. The highest BCUT2D eigenvalue weighted by atomic mass is 32.1. The minimum Gasteiger partial charge on any atom is -0.455 e. The van der Waals surface area contributed by atoms with Gasteiger partial charge in [-0.25, -0.2) is 9.97 Å². The van der Waals surface area contributed by atoms with Gasteiger partial charge in [0.15, 0.2) is 5.82 Å². The first kappa shape index (κ1) is 53.8. The number of benzene rings is 14. The molecule has 0 bridgehead atoms. The first-order valence-electron chi connectivity index (χ1n) is 32.1. The monoisotopic (exact) mass is 1210 g/mol. The zero-order chi connectivity index (χ0) is 61.8. The van der Waals surface area contributed by atoms with Crippen molar-refractivity contribution in [1.82, 2.24) is 14.5 Å². The lowest BCUT2D eigenvalue weighted by Crippen LogP contribution is -2.28. The maximum absolute atomic E-state index is 6.73. The minimum absolute atomic E-state index is 0.545. The molecule has 0 N–H and O–H groups in total. The molecule has 19 rings (SSSR count). The minimum atomic E-state index is -0.545. The lowest BCUT2D eigenvalue weighted by molar-refractivity contribution is 0.669. The molecule has 14 aromatic carbocycles. The van der Waals surface area contributed by atoms with Gasteiger partial charge in [0, 0.05) is 42.9 Å². The molecule has 0 aliphatic heterocycles. The highest BCUT2D eigenvalue weighted by molar-refractivity contribution is 7.26. The first-order valence-corrected chi connectivity index (χ1v) is 32.9. The fourth-order valence-electron chi connectivity index (χ4n) is 15.3. The van der Waals surface area contributed by atoms with Crippen LogP contribution in [0.3, 0.4) is 0 Å².